The average molecular weight is 316 g/mol. The van der Waals surface area contributed by atoms with E-state index in [1.54, 1.807) is 12.3 Å². The van der Waals surface area contributed by atoms with Crippen molar-refractivity contribution in [3.05, 3.63) is 57.3 Å². The molecule has 1 aromatic heterocycles. The Balaban J connectivity index is 1.89. The lowest BCUT2D eigenvalue weighted by molar-refractivity contribution is -0.385. The third-order valence-corrected chi connectivity index (χ3v) is 4.12. The number of hydrogen-bond donors (Lipinski definition) is 0. The van der Waals surface area contributed by atoms with E-state index in [0.717, 1.165) is 29.3 Å². The molecule has 0 N–H and O–H groups in total. The maximum atomic E-state index is 11.3. The van der Waals surface area contributed by atoms with Gasteiger partial charge in [-0.15, -0.1) is 9.24 Å². The molecule has 1 saturated carbocycles. The molecule has 0 amide bonds. The molecule has 1 fully saturated rings. The van der Waals surface area contributed by atoms with Gasteiger partial charge in [-0.3, -0.25) is 10.1 Å². The summed E-state index contributed by atoms with van der Waals surface area (Å²) in [6.07, 6.45) is 3.88. The average Bonchev–Trinajstić information content (AvgIpc) is 3.30. The topological polar surface area (TPSA) is 65.3 Å². The summed E-state index contributed by atoms with van der Waals surface area (Å²) >= 11 is 0. The highest BCUT2D eigenvalue weighted by atomic mass is 31.0. The monoisotopic (exact) mass is 316 g/mol. The van der Waals surface area contributed by atoms with Crippen LogP contribution in [0.2, 0.25) is 0 Å². The molecule has 6 heteroatoms. The predicted molar refractivity (Wildman–Crippen MR) is 87.7 cm³/mol. The molecule has 3 rings (SSSR count). The van der Waals surface area contributed by atoms with Crippen LogP contribution in [0, 0.1) is 17.0 Å². The van der Waals surface area contributed by atoms with E-state index < -0.39 is 0 Å². The number of aryl methyl sites for hydroxylation is 1. The second kappa shape index (κ2) is 6.01. The van der Waals surface area contributed by atoms with Crippen molar-refractivity contribution in [2.45, 2.75) is 32.3 Å². The van der Waals surface area contributed by atoms with Crippen LogP contribution in [0.5, 0.6) is 5.88 Å². The molecule has 0 bridgehead atoms. The molecule has 5 nitrogen and oxygen atoms in total. The second-order valence-corrected chi connectivity index (χ2v) is 6.22. The van der Waals surface area contributed by atoms with Gasteiger partial charge in [-0.25, -0.2) is 4.98 Å². The van der Waals surface area contributed by atoms with Gasteiger partial charge in [-0.05, 0) is 42.6 Å². The number of benzene rings is 1. The molecule has 1 aliphatic rings. The summed E-state index contributed by atoms with van der Waals surface area (Å²) in [5, 5.41) is 12.3. The number of rotatable bonds is 5. The molecular formula is C16H17N2O3P. The van der Waals surface area contributed by atoms with Crippen LogP contribution in [0.4, 0.5) is 5.69 Å². The van der Waals surface area contributed by atoms with Crippen LogP contribution < -0.4 is 10.0 Å². The number of nitro benzene ring substituents is 1. The van der Waals surface area contributed by atoms with Gasteiger partial charge in [-0.2, -0.15) is 0 Å². The van der Waals surface area contributed by atoms with E-state index in [4.69, 9.17) is 4.74 Å². The molecule has 2 aromatic rings. The Bertz CT molecular complexity index is 729. The zero-order valence-electron chi connectivity index (χ0n) is 12.3. The third-order valence-electron chi connectivity index (χ3n) is 3.81. The highest BCUT2D eigenvalue weighted by molar-refractivity contribution is 7.27. The van der Waals surface area contributed by atoms with Crippen molar-refractivity contribution < 1.29 is 9.66 Å². The lowest BCUT2D eigenvalue weighted by Crippen LogP contribution is -2.07. The molecule has 1 atom stereocenters. The Hall–Kier alpha value is -2.00. The van der Waals surface area contributed by atoms with Crippen LogP contribution in [0.25, 0.3) is 0 Å². The molecule has 0 aliphatic heterocycles. The molecule has 0 spiro atoms. The van der Waals surface area contributed by atoms with E-state index in [1.807, 2.05) is 19.1 Å². The highest BCUT2D eigenvalue weighted by Crippen LogP contribution is 2.43. The Morgan fingerprint density at radius 2 is 2.23 bits per heavy atom. The molecule has 114 valence electrons. The number of nitrogens with zero attached hydrogens (tertiary/aromatic N) is 2. The molecule has 0 radical (unpaired) electrons. The zero-order valence-corrected chi connectivity index (χ0v) is 13.4. The molecule has 1 heterocycles. The van der Waals surface area contributed by atoms with Crippen LogP contribution in [0.1, 0.15) is 35.4 Å². The molecule has 22 heavy (non-hydrogen) atoms. The van der Waals surface area contributed by atoms with Crippen LogP contribution in [0.3, 0.4) is 0 Å². The van der Waals surface area contributed by atoms with Crippen molar-refractivity contribution >= 4 is 20.2 Å². The molecular weight excluding hydrogens is 299 g/mol. The van der Waals surface area contributed by atoms with Crippen molar-refractivity contribution in [1.29, 1.82) is 0 Å². The standard InChI is InChI=1S/C16H17N2O3P/c1-10-7-12(22)8-17-16(10)21-9-14-13(11-5-6-11)3-2-4-15(14)18(19)20/h2-4,7-8,11H,5-6,9,22H2,1H3. The van der Waals surface area contributed by atoms with Gasteiger partial charge >= 0.3 is 0 Å². The summed E-state index contributed by atoms with van der Waals surface area (Å²) in [4.78, 5) is 15.2. The first-order chi connectivity index (χ1) is 10.6. The summed E-state index contributed by atoms with van der Waals surface area (Å²) in [5.74, 6) is 0.952. The van der Waals surface area contributed by atoms with Gasteiger partial charge < -0.3 is 4.74 Å². The number of aromatic nitrogens is 1. The number of nitro groups is 1. The van der Waals surface area contributed by atoms with Crippen molar-refractivity contribution in [1.82, 2.24) is 4.98 Å². The van der Waals surface area contributed by atoms with Gasteiger partial charge in [0.1, 0.15) is 6.61 Å². The summed E-state index contributed by atoms with van der Waals surface area (Å²) < 4.78 is 5.76. The smallest absolute Gasteiger partial charge is 0.276 e. The van der Waals surface area contributed by atoms with Gasteiger partial charge in [0, 0.05) is 17.8 Å². The summed E-state index contributed by atoms with van der Waals surface area (Å²) in [7, 11) is 2.58. The van der Waals surface area contributed by atoms with E-state index in [2.05, 4.69) is 14.2 Å². The Kier molecular flexibility index (Phi) is 4.08. The van der Waals surface area contributed by atoms with Crippen molar-refractivity contribution in [3.63, 3.8) is 0 Å². The minimum absolute atomic E-state index is 0.129. The lowest BCUT2D eigenvalue weighted by atomic mass is 10.0. The minimum Gasteiger partial charge on any atom is -0.472 e. The normalized spacial score (nSPS) is 13.9. The second-order valence-electron chi connectivity index (χ2n) is 5.56. The maximum absolute atomic E-state index is 11.3. The predicted octanol–water partition coefficient (Wildman–Crippen LogP) is 3.26. The molecule has 1 unspecified atom stereocenters. The molecule has 1 aliphatic carbocycles. The lowest BCUT2D eigenvalue weighted by Gasteiger charge is -2.12. The van der Waals surface area contributed by atoms with E-state index in [0.29, 0.717) is 17.4 Å². The highest BCUT2D eigenvalue weighted by Gasteiger charge is 2.30. The zero-order chi connectivity index (χ0) is 15.7. The van der Waals surface area contributed by atoms with E-state index in [9.17, 15) is 10.1 Å². The number of hydrogen-bond acceptors (Lipinski definition) is 4. The fourth-order valence-electron chi connectivity index (χ4n) is 2.57. The summed E-state index contributed by atoms with van der Waals surface area (Å²) in [6, 6.07) is 7.21. The maximum Gasteiger partial charge on any atom is 0.276 e. The van der Waals surface area contributed by atoms with E-state index in [1.165, 1.54) is 6.07 Å². The van der Waals surface area contributed by atoms with Crippen LogP contribution in [0.15, 0.2) is 30.5 Å². The number of ether oxygens (including phenoxy) is 1. The first kappa shape index (κ1) is 14.9. The van der Waals surface area contributed by atoms with Crippen LogP contribution in [-0.4, -0.2) is 9.91 Å². The summed E-state index contributed by atoms with van der Waals surface area (Å²) in [5.41, 5.74) is 2.75. The Labute approximate surface area is 131 Å². The Morgan fingerprint density at radius 1 is 1.45 bits per heavy atom. The van der Waals surface area contributed by atoms with Crippen LogP contribution >= 0.6 is 9.24 Å². The fourth-order valence-corrected chi connectivity index (χ4v) is 2.90. The largest absolute Gasteiger partial charge is 0.472 e. The van der Waals surface area contributed by atoms with Crippen LogP contribution in [-0.2, 0) is 6.61 Å². The number of pyridine rings is 1. The molecule has 0 saturated heterocycles. The van der Waals surface area contributed by atoms with E-state index >= 15 is 0 Å². The quantitative estimate of drug-likeness (QED) is 0.482. The van der Waals surface area contributed by atoms with E-state index in [-0.39, 0.29) is 17.2 Å². The van der Waals surface area contributed by atoms with Gasteiger partial charge in [-0.1, -0.05) is 12.1 Å². The van der Waals surface area contributed by atoms with Crippen molar-refractivity contribution in [2.75, 3.05) is 0 Å². The van der Waals surface area contributed by atoms with Crippen molar-refractivity contribution in [3.8, 4) is 5.88 Å². The summed E-state index contributed by atoms with van der Waals surface area (Å²) in [6.45, 7) is 2.09. The first-order valence-corrected chi connectivity index (χ1v) is 7.75. The minimum atomic E-state index is -0.337. The third kappa shape index (κ3) is 3.09. The van der Waals surface area contributed by atoms with Gasteiger partial charge in [0.15, 0.2) is 0 Å². The SMILES string of the molecule is Cc1cc(P)cnc1OCc1c(C2CC2)cccc1[N+](=O)[O-]. The van der Waals surface area contributed by atoms with Crippen molar-refractivity contribution in [2.24, 2.45) is 0 Å². The molecule has 1 aromatic carbocycles. The fraction of sp³-hybridized carbons (Fsp3) is 0.312. The van der Waals surface area contributed by atoms with Gasteiger partial charge in [0.25, 0.3) is 5.69 Å². The van der Waals surface area contributed by atoms with Gasteiger partial charge in [0.05, 0.1) is 10.5 Å². The first-order valence-electron chi connectivity index (χ1n) is 7.17. The Morgan fingerprint density at radius 3 is 2.86 bits per heavy atom. The van der Waals surface area contributed by atoms with Gasteiger partial charge in [0.2, 0.25) is 5.88 Å².